The van der Waals surface area contributed by atoms with Crippen LogP contribution in [0.2, 0.25) is 0 Å². The van der Waals surface area contributed by atoms with E-state index in [1.807, 2.05) is 66.1 Å². The third-order valence-corrected chi connectivity index (χ3v) is 6.78. The first-order valence-electron chi connectivity index (χ1n) is 10.6. The van der Waals surface area contributed by atoms with Crippen molar-refractivity contribution in [2.75, 3.05) is 17.7 Å². The third-order valence-electron chi connectivity index (χ3n) is 4.79. The van der Waals surface area contributed by atoms with Gasteiger partial charge in [-0.1, -0.05) is 71.1 Å². The zero-order chi connectivity index (χ0) is 24.1. The van der Waals surface area contributed by atoms with Gasteiger partial charge < -0.3 is 10.1 Å². The second-order valence-corrected chi connectivity index (χ2v) is 9.28. The SMILES string of the molecule is CCOC(=O)c1sc(NC(=O)CSc2nnc(-c3ccc(C)cc3)n2-c2ccccc2)nc1C. The van der Waals surface area contributed by atoms with Crippen molar-refractivity contribution in [2.24, 2.45) is 0 Å². The van der Waals surface area contributed by atoms with E-state index in [-0.39, 0.29) is 18.3 Å². The van der Waals surface area contributed by atoms with Crippen molar-refractivity contribution < 1.29 is 14.3 Å². The maximum Gasteiger partial charge on any atom is 0.350 e. The Bertz CT molecular complexity index is 1300. The van der Waals surface area contributed by atoms with E-state index in [1.54, 1.807) is 13.8 Å². The third kappa shape index (κ3) is 5.35. The van der Waals surface area contributed by atoms with Crippen LogP contribution in [0.4, 0.5) is 5.13 Å². The molecule has 2 aromatic heterocycles. The Kier molecular flexibility index (Phi) is 7.39. The summed E-state index contributed by atoms with van der Waals surface area (Å²) in [4.78, 5) is 29.3. The standard InChI is InChI=1S/C24H23N5O3S2/c1-4-32-22(31)20-16(3)25-23(34-20)26-19(30)14-33-24-28-27-21(17-12-10-15(2)11-13-17)29(24)18-8-6-5-7-9-18/h5-13H,4,14H2,1-3H3,(H,25,26,30). The minimum Gasteiger partial charge on any atom is -0.462 e. The molecule has 8 nitrogen and oxygen atoms in total. The number of thiazole rings is 1. The number of para-hydroxylation sites is 1. The lowest BCUT2D eigenvalue weighted by molar-refractivity contribution is -0.113. The van der Waals surface area contributed by atoms with Gasteiger partial charge in [0.25, 0.3) is 0 Å². The molecule has 0 saturated carbocycles. The van der Waals surface area contributed by atoms with Crippen LogP contribution < -0.4 is 5.32 Å². The molecule has 0 spiro atoms. The Labute approximate surface area is 205 Å². The average Bonchev–Trinajstić information content (AvgIpc) is 3.42. The average molecular weight is 494 g/mol. The number of aryl methyl sites for hydroxylation is 2. The molecule has 174 valence electrons. The second kappa shape index (κ2) is 10.6. The number of amides is 1. The number of hydrogen-bond acceptors (Lipinski definition) is 8. The van der Waals surface area contributed by atoms with Crippen molar-refractivity contribution in [1.29, 1.82) is 0 Å². The molecule has 34 heavy (non-hydrogen) atoms. The number of nitrogens with zero attached hydrogens (tertiary/aromatic N) is 4. The smallest absolute Gasteiger partial charge is 0.350 e. The maximum atomic E-state index is 12.6. The highest BCUT2D eigenvalue weighted by molar-refractivity contribution is 7.99. The number of anilines is 1. The molecule has 0 aliphatic rings. The van der Waals surface area contributed by atoms with E-state index in [4.69, 9.17) is 4.74 Å². The number of esters is 1. The van der Waals surface area contributed by atoms with Crippen molar-refractivity contribution >= 4 is 40.1 Å². The molecule has 0 aliphatic carbocycles. The van der Waals surface area contributed by atoms with Gasteiger partial charge in [-0.2, -0.15) is 0 Å². The van der Waals surface area contributed by atoms with E-state index in [9.17, 15) is 9.59 Å². The highest BCUT2D eigenvalue weighted by Crippen LogP contribution is 2.29. The van der Waals surface area contributed by atoms with Crippen LogP contribution in [-0.2, 0) is 9.53 Å². The van der Waals surface area contributed by atoms with Crippen LogP contribution in [0.5, 0.6) is 0 Å². The molecule has 2 aromatic carbocycles. The maximum absolute atomic E-state index is 12.6. The molecule has 0 radical (unpaired) electrons. The van der Waals surface area contributed by atoms with E-state index in [2.05, 4.69) is 20.5 Å². The second-order valence-electron chi connectivity index (χ2n) is 7.33. The van der Waals surface area contributed by atoms with Gasteiger partial charge in [0.05, 0.1) is 18.1 Å². The Morgan fingerprint density at radius 2 is 1.79 bits per heavy atom. The molecule has 2 heterocycles. The Morgan fingerprint density at radius 3 is 2.50 bits per heavy atom. The van der Waals surface area contributed by atoms with Crippen LogP contribution in [0.3, 0.4) is 0 Å². The predicted octanol–water partition coefficient (Wildman–Crippen LogP) is 4.92. The fourth-order valence-electron chi connectivity index (χ4n) is 3.18. The molecule has 10 heteroatoms. The highest BCUT2D eigenvalue weighted by atomic mass is 32.2. The molecule has 4 rings (SSSR count). The summed E-state index contributed by atoms with van der Waals surface area (Å²) in [6.45, 7) is 5.76. The van der Waals surface area contributed by atoms with Crippen molar-refractivity contribution in [3.8, 4) is 17.1 Å². The molecular weight excluding hydrogens is 470 g/mol. The van der Waals surface area contributed by atoms with Crippen molar-refractivity contribution in [1.82, 2.24) is 19.7 Å². The van der Waals surface area contributed by atoms with Crippen LogP contribution in [-0.4, -0.2) is 44.0 Å². The quantitative estimate of drug-likeness (QED) is 0.275. The first-order valence-corrected chi connectivity index (χ1v) is 12.4. The van der Waals surface area contributed by atoms with Gasteiger partial charge in [0.2, 0.25) is 5.91 Å². The molecule has 1 N–H and O–H groups in total. The number of rotatable bonds is 8. The lowest BCUT2D eigenvalue weighted by atomic mass is 10.1. The van der Waals surface area contributed by atoms with Gasteiger partial charge in [-0.3, -0.25) is 9.36 Å². The van der Waals surface area contributed by atoms with Gasteiger partial charge in [-0.05, 0) is 32.9 Å². The van der Waals surface area contributed by atoms with Crippen LogP contribution in [0.1, 0.15) is 27.9 Å². The first kappa shape index (κ1) is 23.7. The molecule has 1 amide bonds. The minimum atomic E-state index is -0.438. The fourth-order valence-corrected chi connectivity index (χ4v) is 4.81. The molecular formula is C24H23N5O3S2. The van der Waals surface area contributed by atoms with Crippen LogP contribution >= 0.6 is 23.1 Å². The van der Waals surface area contributed by atoms with E-state index >= 15 is 0 Å². The van der Waals surface area contributed by atoms with Gasteiger partial charge in [0.1, 0.15) is 4.88 Å². The molecule has 0 unspecified atom stereocenters. The van der Waals surface area contributed by atoms with Crippen LogP contribution in [0, 0.1) is 13.8 Å². The Hall–Kier alpha value is -3.50. The molecule has 0 bridgehead atoms. The number of benzene rings is 2. The van der Waals surface area contributed by atoms with E-state index < -0.39 is 5.97 Å². The Morgan fingerprint density at radius 1 is 1.06 bits per heavy atom. The summed E-state index contributed by atoms with van der Waals surface area (Å²) in [5, 5.41) is 12.5. The summed E-state index contributed by atoms with van der Waals surface area (Å²) in [5.41, 5.74) is 3.52. The van der Waals surface area contributed by atoms with Crippen LogP contribution in [0.25, 0.3) is 17.1 Å². The predicted molar refractivity (Wildman–Crippen MR) is 134 cm³/mol. The highest BCUT2D eigenvalue weighted by Gasteiger charge is 2.20. The summed E-state index contributed by atoms with van der Waals surface area (Å²) in [5.74, 6) is 0.107. The van der Waals surface area contributed by atoms with Crippen LogP contribution in [0.15, 0.2) is 59.8 Å². The van der Waals surface area contributed by atoms with Crippen molar-refractivity contribution in [3.05, 3.63) is 70.7 Å². The first-order chi connectivity index (χ1) is 16.5. The summed E-state index contributed by atoms with van der Waals surface area (Å²) in [6, 6.07) is 17.8. The lowest BCUT2D eigenvalue weighted by Crippen LogP contribution is -2.14. The summed E-state index contributed by atoms with van der Waals surface area (Å²) in [6.07, 6.45) is 0. The molecule has 4 aromatic rings. The van der Waals surface area contributed by atoms with Gasteiger partial charge >= 0.3 is 5.97 Å². The number of aromatic nitrogens is 4. The summed E-state index contributed by atoms with van der Waals surface area (Å²) in [7, 11) is 0. The lowest BCUT2D eigenvalue weighted by Gasteiger charge is -2.10. The van der Waals surface area contributed by atoms with E-state index in [1.165, 1.54) is 11.8 Å². The minimum absolute atomic E-state index is 0.103. The van der Waals surface area contributed by atoms with Crippen molar-refractivity contribution in [3.63, 3.8) is 0 Å². The number of carbonyl (C=O) groups is 2. The number of hydrogen-bond donors (Lipinski definition) is 1. The number of thioether (sulfide) groups is 1. The number of ether oxygens (including phenoxy) is 1. The van der Waals surface area contributed by atoms with Gasteiger partial charge in [-0.15, -0.1) is 10.2 Å². The number of nitrogens with one attached hydrogen (secondary N) is 1. The fraction of sp³-hybridized carbons (Fsp3) is 0.208. The van der Waals surface area contributed by atoms with E-state index in [0.29, 0.717) is 26.7 Å². The zero-order valence-corrected chi connectivity index (χ0v) is 20.6. The zero-order valence-electron chi connectivity index (χ0n) is 18.9. The molecule has 0 atom stereocenters. The normalized spacial score (nSPS) is 10.8. The Balaban J connectivity index is 1.52. The molecule has 0 fully saturated rings. The topological polar surface area (TPSA) is 99.0 Å². The van der Waals surface area contributed by atoms with E-state index in [0.717, 1.165) is 28.2 Å². The van der Waals surface area contributed by atoms with Crippen molar-refractivity contribution in [2.45, 2.75) is 25.9 Å². The monoisotopic (exact) mass is 493 g/mol. The number of carbonyl (C=O) groups excluding carboxylic acids is 2. The van der Waals surface area contributed by atoms with Gasteiger partial charge in [0.15, 0.2) is 16.1 Å². The molecule has 0 saturated heterocycles. The van der Waals surface area contributed by atoms with Gasteiger partial charge in [0, 0.05) is 11.3 Å². The largest absolute Gasteiger partial charge is 0.462 e. The summed E-state index contributed by atoms with van der Waals surface area (Å²) >= 11 is 2.38. The summed E-state index contributed by atoms with van der Waals surface area (Å²) < 4.78 is 6.97. The molecule has 0 aliphatic heterocycles. The van der Waals surface area contributed by atoms with Gasteiger partial charge in [-0.25, -0.2) is 9.78 Å².